The lowest BCUT2D eigenvalue weighted by atomic mass is 10.0. The molecule has 2 aromatic rings. The van der Waals surface area contributed by atoms with E-state index < -0.39 is 6.04 Å². The highest BCUT2D eigenvalue weighted by Gasteiger charge is 2.25. The lowest BCUT2D eigenvalue weighted by Gasteiger charge is -2.22. The summed E-state index contributed by atoms with van der Waals surface area (Å²) in [5.74, 6) is -0.405. The second kappa shape index (κ2) is 6.62. The molecule has 5 nitrogen and oxygen atoms in total. The molecule has 2 amide bonds. The lowest BCUT2D eigenvalue weighted by molar-refractivity contribution is -0.120. The minimum atomic E-state index is -0.413. The van der Waals surface area contributed by atoms with Crippen molar-refractivity contribution in [1.82, 2.24) is 10.6 Å². The molecule has 0 saturated heterocycles. The zero-order chi connectivity index (χ0) is 16.2. The molecule has 1 aliphatic heterocycles. The van der Waals surface area contributed by atoms with Gasteiger partial charge in [-0.25, -0.2) is 4.99 Å². The molecule has 6 heteroatoms. The van der Waals surface area contributed by atoms with E-state index in [2.05, 4.69) is 15.6 Å². The predicted molar refractivity (Wildman–Crippen MR) is 88.3 cm³/mol. The number of nitrogens with zero attached hydrogens (tertiary/aromatic N) is 1. The Balaban J connectivity index is 1.83. The number of hydrogen-bond acceptors (Lipinski definition) is 3. The topological polar surface area (TPSA) is 70.6 Å². The molecule has 0 bridgehead atoms. The fourth-order valence-corrected chi connectivity index (χ4v) is 2.61. The number of rotatable bonds is 2. The van der Waals surface area contributed by atoms with Gasteiger partial charge in [-0.05, 0) is 23.8 Å². The highest BCUT2D eigenvalue weighted by Crippen LogP contribution is 2.29. The van der Waals surface area contributed by atoms with Crippen LogP contribution in [0, 0.1) is 0 Å². The van der Waals surface area contributed by atoms with Crippen molar-refractivity contribution in [3.05, 3.63) is 70.7 Å². The zero-order valence-corrected chi connectivity index (χ0v) is 12.9. The average Bonchev–Trinajstić information content (AvgIpc) is 2.55. The van der Waals surface area contributed by atoms with Crippen LogP contribution in [0.3, 0.4) is 0 Å². The Morgan fingerprint density at radius 2 is 1.83 bits per heavy atom. The van der Waals surface area contributed by atoms with Crippen molar-refractivity contribution in [2.45, 2.75) is 12.5 Å². The number of nitrogens with one attached hydrogen (secondary N) is 2. The Bertz CT molecular complexity index is 774. The van der Waals surface area contributed by atoms with Crippen LogP contribution in [-0.2, 0) is 4.79 Å². The van der Waals surface area contributed by atoms with Gasteiger partial charge in [0.05, 0.1) is 12.5 Å². The van der Waals surface area contributed by atoms with E-state index in [0.717, 1.165) is 5.56 Å². The van der Waals surface area contributed by atoms with Gasteiger partial charge >= 0.3 is 0 Å². The molecule has 1 unspecified atom stereocenters. The smallest absolute Gasteiger partial charge is 0.257 e. The Kier molecular flexibility index (Phi) is 4.39. The van der Waals surface area contributed by atoms with Crippen LogP contribution in [0.4, 0.5) is 0 Å². The molecule has 2 aromatic carbocycles. The monoisotopic (exact) mass is 327 g/mol. The van der Waals surface area contributed by atoms with E-state index in [1.165, 1.54) is 0 Å². The van der Waals surface area contributed by atoms with E-state index in [4.69, 9.17) is 11.6 Å². The third kappa shape index (κ3) is 3.57. The Hall–Kier alpha value is -2.66. The van der Waals surface area contributed by atoms with Crippen LogP contribution in [0.2, 0.25) is 5.02 Å². The Morgan fingerprint density at radius 1 is 1.13 bits per heavy atom. The van der Waals surface area contributed by atoms with Crippen molar-refractivity contribution in [3.8, 4) is 0 Å². The molecular weight excluding hydrogens is 314 g/mol. The van der Waals surface area contributed by atoms with E-state index in [9.17, 15) is 9.59 Å². The van der Waals surface area contributed by atoms with Gasteiger partial charge in [-0.3, -0.25) is 20.2 Å². The third-order valence-electron chi connectivity index (χ3n) is 3.45. The Morgan fingerprint density at radius 3 is 2.57 bits per heavy atom. The second-order valence-electron chi connectivity index (χ2n) is 5.09. The zero-order valence-electron chi connectivity index (χ0n) is 12.1. The molecule has 0 aromatic heterocycles. The van der Waals surface area contributed by atoms with E-state index in [1.807, 2.05) is 24.3 Å². The van der Waals surface area contributed by atoms with Crippen LogP contribution in [0.5, 0.6) is 0 Å². The summed E-state index contributed by atoms with van der Waals surface area (Å²) in [6.45, 7) is 0. The SMILES string of the molecule is O=C1CC(c2ccccc2Cl)N=C(NC(=O)c2ccccc2)N1. The number of hydrogen-bond donors (Lipinski definition) is 2. The number of guanidine groups is 1. The molecule has 116 valence electrons. The van der Waals surface area contributed by atoms with Gasteiger partial charge in [0.1, 0.15) is 0 Å². The summed E-state index contributed by atoms with van der Waals surface area (Å²) in [7, 11) is 0. The molecule has 1 aliphatic rings. The number of carbonyl (C=O) groups excluding carboxylic acids is 2. The minimum absolute atomic E-state index is 0.139. The van der Waals surface area contributed by atoms with Crippen molar-refractivity contribution >= 4 is 29.4 Å². The van der Waals surface area contributed by atoms with E-state index in [1.54, 1.807) is 30.3 Å². The summed E-state index contributed by atoms with van der Waals surface area (Å²) in [5.41, 5.74) is 1.25. The van der Waals surface area contributed by atoms with Crippen LogP contribution in [0.25, 0.3) is 0 Å². The largest absolute Gasteiger partial charge is 0.296 e. The predicted octanol–water partition coefficient (Wildman–Crippen LogP) is 2.69. The van der Waals surface area contributed by atoms with Crippen LogP contribution < -0.4 is 10.6 Å². The van der Waals surface area contributed by atoms with Gasteiger partial charge < -0.3 is 0 Å². The maximum Gasteiger partial charge on any atom is 0.257 e. The summed E-state index contributed by atoms with van der Waals surface area (Å²) >= 11 is 6.17. The normalized spacial score (nSPS) is 17.2. The summed E-state index contributed by atoms with van der Waals surface area (Å²) in [6, 6.07) is 15.5. The minimum Gasteiger partial charge on any atom is -0.296 e. The van der Waals surface area contributed by atoms with Crippen LogP contribution >= 0.6 is 11.6 Å². The summed E-state index contributed by atoms with van der Waals surface area (Å²) in [4.78, 5) is 28.5. The highest BCUT2D eigenvalue weighted by molar-refractivity contribution is 6.31. The second-order valence-corrected chi connectivity index (χ2v) is 5.49. The van der Waals surface area contributed by atoms with E-state index in [0.29, 0.717) is 10.6 Å². The maximum absolute atomic E-state index is 12.2. The quantitative estimate of drug-likeness (QED) is 0.890. The molecular formula is C17H14ClN3O2. The van der Waals surface area contributed by atoms with E-state index in [-0.39, 0.29) is 24.2 Å². The first-order valence-corrected chi connectivity index (χ1v) is 7.50. The number of halogens is 1. The first-order valence-electron chi connectivity index (χ1n) is 7.12. The number of aliphatic imine (C=N–C) groups is 1. The van der Waals surface area contributed by atoms with Gasteiger partial charge in [0.25, 0.3) is 5.91 Å². The molecule has 0 spiro atoms. The first-order chi connectivity index (χ1) is 11.1. The van der Waals surface area contributed by atoms with Crippen LogP contribution in [0.15, 0.2) is 59.6 Å². The number of amides is 2. The molecule has 23 heavy (non-hydrogen) atoms. The van der Waals surface area contributed by atoms with Gasteiger partial charge in [0.2, 0.25) is 11.9 Å². The molecule has 2 N–H and O–H groups in total. The molecule has 1 atom stereocenters. The summed E-state index contributed by atoms with van der Waals surface area (Å²) < 4.78 is 0. The molecule has 0 radical (unpaired) electrons. The average molecular weight is 328 g/mol. The van der Waals surface area contributed by atoms with Crippen molar-refractivity contribution in [2.24, 2.45) is 4.99 Å². The molecule has 3 rings (SSSR count). The number of carbonyl (C=O) groups is 2. The van der Waals surface area contributed by atoms with Crippen molar-refractivity contribution < 1.29 is 9.59 Å². The van der Waals surface area contributed by atoms with Crippen LogP contribution in [0.1, 0.15) is 28.4 Å². The van der Waals surface area contributed by atoms with Gasteiger partial charge in [0.15, 0.2) is 0 Å². The van der Waals surface area contributed by atoms with Crippen molar-refractivity contribution in [2.75, 3.05) is 0 Å². The van der Waals surface area contributed by atoms with Gasteiger partial charge in [-0.15, -0.1) is 0 Å². The molecule has 1 heterocycles. The fourth-order valence-electron chi connectivity index (χ4n) is 2.35. The fraction of sp³-hybridized carbons (Fsp3) is 0.118. The molecule has 0 fully saturated rings. The van der Waals surface area contributed by atoms with Crippen LogP contribution in [-0.4, -0.2) is 17.8 Å². The summed E-state index contributed by atoms with van der Waals surface area (Å²) in [5, 5.41) is 5.74. The van der Waals surface area contributed by atoms with Crippen molar-refractivity contribution in [3.63, 3.8) is 0 Å². The standard InChI is InChI=1S/C17H14ClN3O2/c18-13-9-5-4-8-12(13)14-10-15(22)20-17(19-14)21-16(23)11-6-2-1-3-7-11/h1-9,14H,10H2,(H2,19,20,21,22,23). The van der Waals surface area contributed by atoms with Crippen molar-refractivity contribution in [1.29, 1.82) is 0 Å². The molecule has 0 aliphatic carbocycles. The highest BCUT2D eigenvalue weighted by atomic mass is 35.5. The lowest BCUT2D eigenvalue weighted by Crippen LogP contribution is -2.47. The summed E-state index contributed by atoms with van der Waals surface area (Å²) in [6.07, 6.45) is 0.189. The van der Waals surface area contributed by atoms with Gasteiger partial charge in [0, 0.05) is 10.6 Å². The third-order valence-corrected chi connectivity index (χ3v) is 3.80. The molecule has 0 saturated carbocycles. The number of benzene rings is 2. The first kappa shape index (κ1) is 15.2. The maximum atomic E-state index is 12.2. The van der Waals surface area contributed by atoms with E-state index >= 15 is 0 Å². The Labute approximate surface area is 138 Å². The van der Waals surface area contributed by atoms with Gasteiger partial charge in [-0.2, -0.15) is 0 Å². The van der Waals surface area contributed by atoms with Gasteiger partial charge in [-0.1, -0.05) is 48.0 Å².